The Balaban J connectivity index is 1.38. The third kappa shape index (κ3) is 8.43. The van der Waals surface area contributed by atoms with Gasteiger partial charge in [-0.15, -0.1) is 0 Å². The maximum absolute atomic E-state index is 13.7. The molecular formula is C37H46O17. The number of rotatable bonds is 13. The number of phenols is 2. The van der Waals surface area contributed by atoms with Crippen molar-refractivity contribution in [3.05, 3.63) is 71.0 Å². The summed E-state index contributed by atoms with van der Waals surface area (Å²) in [7, 11) is 3.92. The second kappa shape index (κ2) is 17.3. The van der Waals surface area contributed by atoms with Crippen molar-refractivity contribution < 1.29 is 83.2 Å². The van der Waals surface area contributed by atoms with Gasteiger partial charge in [0.05, 0.1) is 71.4 Å². The van der Waals surface area contributed by atoms with Gasteiger partial charge in [0.25, 0.3) is 0 Å². The topological polar surface area (TPSA) is 250 Å². The van der Waals surface area contributed by atoms with Gasteiger partial charge in [0.15, 0.2) is 29.3 Å². The van der Waals surface area contributed by atoms with Crippen molar-refractivity contribution in [1.82, 2.24) is 0 Å². The van der Waals surface area contributed by atoms with Crippen LogP contribution in [0.5, 0.6) is 23.0 Å². The number of aromatic hydroxyl groups is 2. The summed E-state index contributed by atoms with van der Waals surface area (Å²) in [4.78, 5) is 26.5. The van der Waals surface area contributed by atoms with Gasteiger partial charge in [-0.25, -0.2) is 4.79 Å². The maximum atomic E-state index is 13.7. The average Bonchev–Trinajstić information content (AvgIpc) is 3.49. The molecule has 0 unspecified atom stereocenters. The fourth-order valence-electron chi connectivity index (χ4n) is 6.88. The van der Waals surface area contributed by atoms with Crippen molar-refractivity contribution >= 4 is 11.9 Å². The molecule has 0 amide bonds. The van der Waals surface area contributed by atoms with Crippen molar-refractivity contribution in [3.8, 4) is 23.0 Å². The number of methoxy groups -OCH3 is 3. The van der Waals surface area contributed by atoms with Crippen LogP contribution in [0.1, 0.15) is 30.6 Å². The van der Waals surface area contributed by atoms with Gasteiger partial charge in [0.2, 0.25) is 6.29 Å². The van der Waals surface area contributed by atoms with E-state index in [0.29, 0.717) is 11.1 Å². The van der Waals surface area contributed by atoms with E-state index in [0.717, 1.165) is 13.4 Å². The number of carbonyl (C=O) groups is 2. The van der Waals surface area contributed by atoms with Gasteiger partial charge in [-0.3, -0.25) is 4.79 Å². The van der Waals surface area contributed by atoms with Gasteiger partial charge >= 0.3 is 11.9 Å². The summed E-state index contributed by atoms with van der Waals surface area (Å²) < 4.78 is 44.3. The van der Waals surface area contributed by atoms with E-state index in [-0.39, 0.29) is 53.8 Å². The van der Waals surface area contributed by atoms with Crippen LogP contribution in [0.15, 0.2) is 59.9 Å². The van der Waals surface area contributed by atoms with Gasteiger partial charge in [0, 0.05) is 17.9 Å². The summed E-state index contributed by atoms with van der Waals surface area (Å²) in [5.41, 5.74) is -0.342. The molecule has 10 atom stereocenters. The number of esters is 2. The summed E-state index contributed by atoms with van der Waals surface area (Å²) in [6.07, 6.45) is -8.06. The Morgan fingerprint density at radius 1 is 0.963 bits per heavy atom. The van der Waals surface area contributed by atoms with E-state index in [4.69, 9.17) is 37.9 Å². The van der Waals surface area contributed by atoms with Gasteiger partial charge < -0.3 is 73.6 Å². The fraction of sp³-hybridized carbons (Fsp3) is 0.514. The Bertz CT molecular complexity index is 1710. The number of benzene rings is 2. The molecule has 2 aromatic carbocycles. The first-order valence-corrected chi connectivity index (χ1v) is 17.1. The maximum Gasteiger partial charge on any atom is 0.337 e. The fourth-order valence-corrected chi connectivity index (χ4v) is 6.88. The Morgan fingerprint density at radius 3 is 2.30 bits per heavy atom. The number of carbonyl (C=O) groups excluding carboxylic acids is 2. The molecule has 0 radical (unpaired) electrons. The van der Waals surface area contributed by atoms with E-state index in [2.05, 4.69) is 0 Å². The number of hydrogen-bond acceptors (Lipinski definition) is 17. The minimum atomic E-state index is -1.75. The van der Waals surface area contributed by atoms with E-state index in [1.807, 2.05) is 0 Å². The standard InChI is InChI=1S/C37H46O17/c1-5-20-21(22(34(45)49-4)15-51-35(20)54-36-32(44)31(43)30(42)28(14-38)53-36)12-29(41)50-16-23-33(19-7-9-25(40)27(11-19)48-3)52-17-37(23,46)13-18-6-8-24(39)26(10-18)47-2/h5-11,15,21,23,28,30-33,35-36,38-40,42-44,46H,12-14,16-17H2,1-4H3/b20-5+/t21-,23+,28+,30+,31-,32+,33+,35-,36-,37+/m0/s1. The molecule has 2 saturated heterocycles. The molecule has 54 heavy (non-hydrogen) atoms. The monoisotopic (exact) mass is 762 g/mol. The zero-order chi connectivity index (χ0) is 39.3. The molecule has 5 rings (SSSR count). The third-order valence-corrected chi connectivity index (χ3v) is 9.88. The van der Waals surface area contributed by atoms with Gasteiger partial charge in [0.1, 0.15) is 30.0 Å². The minimum Gasteiger partial charge on any atom is -0.504 e. The van der Waals surface area contributed by atoms with E-state index in [1.54, 1.807) is 31.2 Å². The molecule has 17 nitrogen and oxygen atoms in total. The quantitative estimate of drug-likeness (QED) is 0.108. The van der Waals surface area contributed by atoms with Crippen molar-refractivity contribution in [1.29, 1.82) is 0 Å². The van der Waals surface area contributed by atoms with Crippen LogP contribution >= 0.6 is 0 Å². The summed E-state index contributed by atoms with van der Waals surface area (Å²) >= 11 is 0. The Kier molecular flexibility index (Phi) is 13.1. The van der Waals surface area contributed by atoms with E-state index < -0.39 is 85.5 Å². The zero-order valence-electron chi connectivity index (χ0n) is 30.1. The Labute approximate surface area is 310 Å². The van der Waals surface area contributed by atoms with Crippen molar-refractivity contribution in [2.75, 3.05) is 41.2 Å². The van der Waals surface area contributed by atoms with Crippen molar-refractivity contribution in [2.45, 2.75) is 68.5 Å². The number of aliphatic hydroxyl groups excluding tert-OH is 4. The molecule has 3 aliphatic rings. The molecule has 296 valence electrons. The van der Waals surface area contributed by atoms with Crippen molar-refractivity contribution in [3.63, 3.8) is 0 Å². The molecule has 0 saturated carbocycles. The second-order valence-corrected chi connectivity index (χ2v) is 13.2. The van der Waals surface area contributed by atoms with Crippen molar-refractivity contribution in [2.24, 2.45) is 11.8 Å². The van der Waals surface area contributed by atoms with Crippen LogP contribution in [-0.2, 0) is 44.4 Å². The summed E-state index contributed by atoms with van der Waals surface area (Å²) in [5.74, 6) is -3.40. The molecule has 0 aliphatic carbocycles. The van der Waals surface area contributed by atoms with E-state index in [1.165, 1.54) is 32.4 Å². The summed E-state index contributed by atoms with van der Waals surface area (Å²) in [6.45, 7) is 0.348. The third-order valence-electron chi connectivity index (χ3n) is 9.88. The normalized spacial score (nSPS) is 31.7. The first kappa shape index (κ1) is 40.7. The molecule has 0 aromatic heterocycles. The molecule has 0 spiro atoms. The van der Waals surface area contributed by atoms with Gasteiger partial charge in [-0.05, 0) is 42.3 Å². The predicted octanol–water partition coefficient (Wildman–Crippen LogP) is 0.502. The molecule has 7 N–H and O–H groups in total. The molecule has 3 heterocycles. The first-order valence-electron chi connectivity index (χ1n) is 17.1. The molecule has 3 aliphatic heterocycles. The second-order valence-electron chi connectivity index (χ2n) is 13.2. The Hall–Kier alpha value is -4.46. The molecule has 17 heteroatoms. The predicted molar refractivity (Wildman–Crippen MR) is 183 cm³/mol. The smallest absolute Gasteiger partial charge is 0.337 e. The van der Waals surface area contributed by atoms with Crippen LogP contribution in [0.2, 0.25) is 0 Å². The van der Waals surface area contributed by atoms with E-state index in [9.17, 15) is 45.3 Å². The molecular weight excluding hydrogens is 716 g/mol. The molecule has 2 aromatic rings. The van der Waals surface area contributed by atoms with Crippen LogP contribution < -0.4 is 9.47 Å². The highest BCUT2D eigenvalue weighted by atomic mass is 16.8. The zero-order valence-corrected chi connectivity index (χ0v) is 30.1. The van der Waals surface area contributed by atoms with Crippen LogP contribution in [0.4, 0.5) is 0 Å². The minimum absolute atomic E-state index is 0.00641. The molecule has 0 bridgehead atoms. The number of aliphatic hydroxyl groups is 5. The summed E-state index contributed by atoms with van der Waals surface area (Å²) in [5, 5.41) is 73.0. The van der Waals surface area contributed by atoms with E-state index >= 15 is 0 Å². The average molecular weight is 763 g/mol. The Morgan fingerprint density at radius 2 is 1.65 bits per heavy atom. The highest BCUT2D eigenvalue weighted by Crippen LogP contribution is 2.45. The number of allylic oxidation sites excluding steroid dienone is 1. The number of hydrogen-bond donors (Lipinski definition) is 7. The first-order chi connectivity index (χ1) is 25.8. The summed E-state index contributed by atoms with van der Waals surface area (Å²) in [6, 6.07) is 9.17. The van der Waals surface area contributed by atoms with Gasteiger partial charge in [-0.2, -0.15) is 0 Å². The highest BCUT2D eigenvalue weighted by Gasteiger charge is 2.51. The van der Waals surface area contributed by atoms with Crippen LogP contribution in [0.3, 0.4) is 0 Å². The SMILES string of the molecule is C/C=C1/[C@H](O[C@@H]2O[C@H](CO)[C@@H](O)[C@H](O)[C@H]2O)OC=C(C(=O)OC)[C@H]1CC(=O)OC[C@@H]1[C@@H](c2ccc(O)c(OC)c2)OC[C@]1(O)Cc1ccc(O)c(OC)c1. The van der Waals surface area contributed by atoms with Crippen LogP contribution in [0.25, 0.3) is 0 Å². The van der Waals surface area contributed by atoms with Gasteiger partial charge in [-0.1, -0.05) is 18.2 Å². The number of phenolic OH excluding ortho intramolecular Hbond substituents is 2. The number of ether oxygens (including phenoxy) is 8. The highest BCUT2D eigenvalue weighted by molar-refractivity contribution is 5.90. The largest absolute Gasteiger partial charge is 0.504 e. The lowest BCUT2D eigenvalue weighted by Gasteiger charge is -2.42. The lowest BCUT2D eigenvalue weighted by molar-refractivity contribution is -0.327. The lowest BCUT2D eigenvalue weighted by atomic mass is 9.80. The van der Waals surface area contributed by atoms with Crippen LogP contribution in [-0.4, -0.2) is 131 Å². The van der Waals surface area contributed by atoms with Crippen LogP contribution in [0, 0.1) is 11.8 Å². The lowest BCUT2D eigenvalue weighted by Crippen LogP contribution is -2.60. The molecule has 2 fully saturated rings.